The molecule has 0 N–H and O–H groups in total. The lowest BCUT2D eigenvalue weighted by Gasteiger charge is -2.34. The number of benzene rings is 9. The van der Waals surface area contributed by atoms with Gasteiger partial charge in [-0.15, -0.1) is 0 Å². The van der Waals surface area contributed by atoms with Crippen LogP contribution >= 0.6 is 0 Å². The molecule has 0 unspecified atom stereocenters. The van der Waals surface area contributed by atoms with Crippen LogP contribution in [0, 0.1) is 0 Å². The number of rotatable bonds is 0. The molecule has 0 bridgehead atoms. The van der Waals surface area contributed by atoms with Gasteiger partial charge in [-0.1, -0.05) is 127 Å². The molecule has 4 aliphatic rings. The normalized spacial score (nSPS) is 13.6. The van der Waals surface area contributed by atoms with Crippen molar-refractivity contribution in [2.75, 3.05) is 0 Å². The molecule has 0 saturated heterocycles. The van der Waals surface area contributed by atoms with E-state index in [0.717, 1.165) is 0 Å². The van der Waals surface area contributed by atoms with Crippen LogP contribution in [0.1, 0.15) is 0 Å². The van der Waals surface area contributed by atoms with Gasteiger partial charge in [-0.2, -0.15) is 0 Å². The van der Waals surface area contributed by atoms with Crippen molar-refractivity contribution in [2.45, 2.75) is 0 Å². The van der Waals surface area contributed by atoms with Crippen molar-refractivity contribution in [1.29, 1.82) is 0 Å². The molecule has 0 atom stereocenters. The van der Waals surface area contributed by atoms with Gasteiger partial charge in [0.2, 0.25) is 0 Å². The highest BCUT2D eigenvalue weighted by molar-refractivity contribution is 7.00. The zero-order valence-electron chi connectivity index (χ0n) is 28.4. The summed E-state index contributed by atoms with van der Waals surface area (Å²) in [7, 11) is 0. The molecule has 3 heteroatoms. The average Bonchev–Trinajstić information content (AvgIpc) is 3.67. The Hall–Kier alpha value is -6.84. The van der Waals surface area contributed by atoms with Gasteiger partial charge in [0.05, 0.1) is 22.1 Å². The highest BCUT2D eigenvalue weighted by Crippen LogP contribution is 2.52. The van der Waals surface area contributed by atoms with Gasteiger partial charge >= 0.3 is 0 Å². The van der Waals surface area contributed by atoms with Crippen molar-refractivity contribution in [3.05, 3.63) is 152 Å². The predicted molar refractivity (Wildman–Crippen MR) is 224 cm³/mol. The zero-order valence-corrected chi connectivity index (χ0v) is 28.4. The Balaban J connectivity index is 1.18. The summed E-state index contributed by atoms with van der Waals surface area (Å²) in [5.74, 6) is 0. The molecule has 9 aromatic carbocycles. The highest BCUT2D eigenvalue weighted by atomic mass is 15.0. The summed E-state index contributed by atoms with van der Waals surface area (Å²) in [5, 5.41) is 10.9. The summed E-state index contributed by atoms with van der Waals surface area (Å²) in [6, 6.07) is 58.1. The summed E-state index contributed by atoms with van der Waals surface area (Å²) in [5.41, 5.74) is 22.7. The fourth-order valence-electron chi connectivity index (χ4n) is 11.5. The van der Waals surface area contributed by atoms with E-state index < -0.39 is 0 Å². The minimum absolute atomic E-state index is 0.103. The molecule has 0 spiro atoms. The van der Waals surface area contributed by atoms with E-state index in [9.17, 15) is 0 Å². The second-order valence-corrected chi connectivity index (χ2v) is 15.5. The molecule has 53 heavy (non-hydrogen) atoms. The number of hydrogen-bond donors (Lipinski definition) is 0. The van der Waals surface area contributed by atoms with Crippen molar-refractivity contribution < 1.29 is 0 Å². The molecular weight excluding hydrogens is 639 g/mol. The van der Waals surface area contributed by atoms with Crippen LogP contribution in [0.2, 0.25) is 0 Å². The van der Waals surface area contributed by atoms with Crippen molar-refractivity contribution in [2.24, 2.45) is 0 Å². The molecule has 11 aromatic rings. The second kappa shape index (κ2) is 8.44. The molecule has 2 nitrogen and oxygen atoms in total. The Kier molecular flexibility index (Phi) is 4.14. The van der Waals surface area contributed by atoms with Gasteiger partial charge < -0.3 is 9.13 Å². The van der Waals surface area contributed by atoms with E-state index in [4.69, 9.17) is 0 Å². The van der Waals surface area contributed by atoms with E-state index in [2.05, 4.69) is 161 Å². The highest BCUT2D eigenvalue weighted by Gasteiger charge is 2.42. The molecule has 238 valence electrons. The number of fused-ring (bicyclic) bond motifs is 12. The van der Waals surface area contributed by atoms with Crippen molar-refractivity contribution >= 4 is 88.3 Å². The Morgan fingerprint density at radius 1 is 0.302 bits per heavy atom. The minimum Gasteiger partial charge on any atom is -0.310 e. The molecule has 15 rings (SSSR count). The quantitative estimate of drug-likeness (QED) is 0.143. The van der Waals surface area contributed by atoms with Gasteiger partial charge in [0.15, 0.2) is 0 Å². The summed E-state index contributed by atoms with van der Waals surface area (Å²) < 4.78 is 5.25. The lowest BCUT2D eigenvalue weighted by Crippen LogP contribution is -2.59. The smallest absolute Gasteiger partial charge is 0.252 e. The average molecular weight is 665 g/mol. The third kappa shape index (κ3) is 2.68. The van der Waals surface area contributed by atoms with Crippen molar-refractivity contribution in [3.63, 3.8) is 0 Å². The predicted octanol–water partition coefficient (Wildman–Crippen LogP) is 10.6. The number of nitrogens with zero attached hydrogens (tertiary/aromatic N) is 2. The summed E-state index contributed by atoms with van der Waals surface area (Å²) >= 11 is 0. The van der Waals surface area contributed by atoms with Gasteiger partial charge in [-0.25, -0.2) is 0 Å². The van der Waals surface area contributed by atoms with Gasteiger partial charge in [-0.05, 0) is 107 Å². The Bertz CT molecular complexity index is 3400. The molecule has 0 fully saturated rings. The van der Waals surface area contributed by atoms with Crippen LogP contribution in [0.25, 0.3) is 121 Å². The van der Waals surface area contributed by atoms with E-state index in [1.165, 1.54) is 137 Å². The molecule has 0 radical (unpaired) electrons. The van der Waals surface area contributed by atoms with Gasteiger partial charge in [-0.3, -0.25) is 0 Å². The second-order valence-electron chi connectivity index (χ2n) is 15.5. The Labute approximate surface area is 303 Å². The Morgan fingerprint density at radius 2 is 0.717 bits per heavy atom. The third-order valence-corrected chi connectivity index (χ3v) is 13.4. The lowest BCUT2D eigenvalue weighted by atomic mass is 9.34. The maximum absolute atomic E-state index is 2.62. The first-order valence-electron chi connectivity index (χ1n) is 18.7. The maximum Gasteiger partial charge on any atom is 0.252 e. The van der Waals surface area contributed by atoms with E-state index in [-0.39, 0.29) is 6.71 Å². The topological polar surface area (TPSA) is 9.86 Å². The molecule has 2 aliphatic carbocycles. The van der Waals surface area contributed by atoms with E-state index >= 15 is 0 Å². The van der Waals surface area contributed by atoms with E-state index in [1.807, 2.05) is 0 Å². The molecule has 2 aliphatic heterocycles. The van der Waals surface area contributed by atoms with Gasteiger partial charge in [0, 0.05) is 32.9 Å². The zero-order chi connectivity index (χ0) is 33.8. The van der Waals surface area contributed by atoms with Gasteiger partial charge in [0.25, 0.3) is 6.71 Å². The minimum atomic E-state index is 0.103. The molecule has 0 amide bonds. The van der Waals surface area contributed by atoms with Gasteiger partial charge in [0.1, 0.15) is 0 Å². The van der Waals surface area contributed by atoms with Crippen LogP contribution in [0.5, 0.6) is 0 Å². The first kappa shape index (κ1) is 26.0. The monoisotopic (exact) mass is 664 g/mol. The van der Waals surface area contributed by atoms with Crippen LogP contribution in [0.3, 0.4) is 0 Å². The van der Waals surface area contributed by atoms with Crippen LogP contribution in [-0.2, 0) is 0 Å². The van der Waals surface area contributed by atoms with Crippen molar-refractivity contribution in [3.8, 4) is 55.9 Å². The SMILES string of the molecule is c1ccc2c(c1)-c1cccc3ccc4c(c13)c1c-2ccc2c1n4-c1cccc3c1B2c1ccc2c4c5c6c(cccc6ccc5n-3c14)-c1ccccc1-2. The third-order valence-electron chi connectivity index (χ3n) is 13.4. The standard InChI is InChI=1S/C50H25BN2/c1-3-12-30-28(10-1)32-14-5-8-26-18-24-38-46(42(26)32)44-34(30)20-22-36-49(44)52(38)40-16-7-17-41-48(40)51(36)37-23-21-35-31-13-4-2-11-29(31)33-15-6-9-27-19-25-39-47(43(27)33)45(35)50(37)53(39)41/h1-25H. The van der Waals surface area contributed by atoms with Crippen LogP contribution in [0.4, 0.5) is 0 Å². The summed E-state index contributed by atoms with van der Waals surface area (Å²) in [6.07, 6.45) is 0. The number of aromatic nitrogens is 2. The fourth-order valence-corrected chi connectivity index (χ4v) is 11.5. The van der Waals surface area contributed by atoms with E-state index in [1.54, 1.807) is 0 Å². The number of hydrogen-bond acceptors (Lipinski definition) is 0. The Morgan fingerprint density at radius 3 is 1.19 bits per heavy atom. The van der Waals surface area contributed by atoms with Crippen LogP contribution in [0.15, 0.2) is 152 Å². The first-order valence-corrected chi connectivity index (χ1v) is 18.7. The van der Waals surface area contributed by atoms with Crippen molar-refractivity contribution in [1.82, 2.24) is 9.13 Å². The summed E-state index contributed by atoms with van der Waals surface area (Å²) in [6.45, 7) is 0.103. The van der Waals surface area contributed by atoms with E-state index in [0.29, 0.717) is 0 Å². The van der Waals surface area contributed by atoms with Crippen LogP contribution < -0.4 is 16.4 Å². The molecule has 2 aromatic heterocycles. The lowest BCUT2D eigenvalue weighted by molar-refractivity contribution is 1.14. The maximum atomic E-state index is 2.62. The van der Waals surface area contributed by atoms with Crippen LogP contribution in [-0.4, -0.2) is 15.8 Å². The first-order chi connectivity index (χ1) is 26.3. The fraction of sp³-hybridized carbons (Fsp3) is 0. The largest absolute Gasteiger partial charge is 0.310 e. The molecular formula is C50H25BN2. The molecule has 4 heterocycles. The molecule has 0 saturated carbocycles. The summed E-state index contributed by atoms with van der Waals surface area (Å²) in [4.78, 5) is 0.